The Morgan fingerprint density at radius 3 is 2.59 bits per heavy atom. The zero-order valence-corrected chi connectivity index (χ0v) is 22.0. The van der Waals surface area contributed by atoms with E-state index in [0.29, 0.717) is 6.79 Å². The number of benzene rings is 2. The molecule has 2 heterocycles. The Morgan fingerprint density at radius 2 is 1.84 bits per heavy atom. The van der Waals surface area contributed by atoms with Crippen molar-refractivity contribution in [3.63, 3.8) is 0 Å². The maximum Gasteiger partial charge on any atom is 0.231 e. The van der Waals surface area contributed by atoms with Gasteiger partial charge in [0.2, 0.25) is 6.79 Å². The van der Waals surface area contributed by atoms with Gasteiger partial charge in [-0.1, -0.05) is 18.2 Å². The lowest BCUT2D eigenvalue weighted by Crippen LogP contribution is -2.47. The number of ether oxygens (including phenoxy) is 3. The number of nitrogens with one attached hydrogen (secondary N) is 2. The quantitative estimate of drug-likeness (QED) is 0.232. The maximum atomic E-state index is 5.68. The van der Waals surface area contributed by atoms with Crippen LogP contribution in [0.25, 0.3) is 0 Å². The van der Waals surface area contributed by atoms with Crippen molar-refractivity contribution in [2.75, 3.05) is 39.9 Å². The third-order valence-electron chi connectivity index (χ3n) is 6.14. The molecule has 2 aliphatic heterocycles. The summed E-state index contributed by atoms with van der Waals surface area (Å²) in [5, 5.41) is 7.05. The first-order chi connectivity index (χ1) is 15.1. The van der Waals surface area contributed by atoms with E-state index in [0.717, 1.165) is 56.6 Å². The number of guanidine groups is 1. The minimum absolute atomic E-state index is 0. The summed E-state index contributed by atoms with van der Waals surface area (Å²) in [6.45, 7) is 5.43. The Bertz CT molecular complexity index is 948. The topological polar surface area (TPSA) is 64.1 Å². The van der Waals surface area contributed by atoms with Gasteiger partial charge >= 0.3 is 0 Å². The van der Waals surface area contributed by atoms with Crippen molar-refractivity contribution in [2.24, 2.45) is 4.99 Å². The van der Waals surface area contributed by atoms with Gasteiger partial charge in [0.25, 0.3) is 0 Å². The molecular formula is C24H32IN3O3S. The second kappa shape index (κ2) is 11.5. The van der Waals surface area contributed by atoms with Gasteiger partial charge in [-0.3, -0.25) is 4.99 Å². The third-order valence-corrected chi connectivity index (χ3v) is 6.96. The average Bonchev–Trinajstić information content (AvgIpc) is 3.28. The van der Waals surface area contributed by atoms with Gasteiger partial charge in [0.15, 0.2) is 17.5 Å². The number of aryl methyl sites for hydroxylation is 1. The number of hydrogen-bond acceptors (Lipinski definition) is 5. The van der Waals surface area contributed by atoms with Crippen LogP contribution in [0.15, 0.2) is 46.3 Å². The van der Waals surface area contributed by atoms with Crippen LogP contribution in [0.4, 0.5) is 0 Å². The number of hydrogen-bond donors (Lipinski definition) is 2. The Balaban J connectivity index is 0.00000289. The van der Waals surface area contributed by atoms with Gasteiger partial charge in [0.1, 0.15) is 0 Å². The first-order valence-electron chi connectivity index (χ1n) is 10.7. The molecule has 0 aliphatic carbocycles. The molecule has 1 fully saturated rings. The van der Waals surface area contributed by atoms with E-state index < -0.39 is 0 Å². The van der Waals surface area contributed by atoms with Crippen molar-refractivity contribution in [3.8, 4) is 11.5 Å². The molecule has 4 rings (SSSR count). The lowest BCUT2D eigenvalue weighted by atomic mass is 9.74. The van der Waals surface area contributed by atoms with Crippen LogP contribution in [-0.2, 0) is 16.7 Å². The van der Waals surface area contributed by atoms with Crippen LogP contribution in [0, 0.1) is 6.92 Å². The van der Waals surface area contributed by atoms with Crippen molar-refractivity contribution in [2.45, 2.75) is 36.6 Å². The van der Waals surface area contributed by atoms with Crippen molar-refractivity contribution in [1.82, 2.24) is 10.6 Å². The summed E-state index contributed by atoms with van der Waals surface area (Å²) in [6.07, 6.45) is 4.02. The summed E-state index contributed by atoms with van der Waals surface area (Å²) in [5.74, 6) is 2.45. The van der Waals surface area contributed by atoms with E-state index in [2.05, 4.69) is 59.1 Å². The highest BCUT2D eigenvalue weighted by atomic mass is 127. The van der Waals surface area contributed by atoms with Crippen LogP contribution >= 0.6 is 35.7 Å². The first-order valence-corrected chi connectivity index (χ1v) is 11.9. The second-order valence-electron chi connectivity index (χ2n) is 8.06. The molecule has 0 spiro atoms. The highest BCUT2D eigenvalue weighted by Gasteiger charge is 2.35. The van der Waals surface area contributed by atoms with E-state index in [-0.39, 0.29) is 29.4 Å². The highest BCUT2D eigenvalue weighted by molar-refractivity contribution is 14.0. The van der Waals surface area contributed by atoms with E-state index in [1.54, 1.807) is 11.8 Å². The summed E-state index contributed by atoms with van der Waals surface area (Å²) in [5.41, 5.74) is 3.77. The van der Waals surface area contributed by atoms with Gasteiger partial charge in [-0.05, 0) is 60.9 Å². The number of nitrogens with zero attached hydrogens (tertiary/aromatic N) is 1. The smallest absolute Gasteiger partial charge is 0.231 e. The SMILES string of the molecule is CN=C(NCc1ccc(C)cc1SC)NCC1(c2ccc3c(c2)OCO3)CCOCC1.I. The largest absolute Gasteiger partial charge is 0.454 e. The monoisotopic (exact) mass is 569 g/mol. The van der Waals surface area contributed by atoms with Gasteiger partial charge in [-0.2, -0.15) is 0 Å². The second-order valence-corrected chi connectivity index (χ2v) is 8.90. The van der Waals surface area contributed by atoms with Crippen molar-refractivity contribution < 1.29 is 14.2 Å². The fraction of sp³-hybridized carbons (Fsp3) is 0.458. The molecule has 1 saturated heterocycles. The number of thioether (sulfide) groups is 1. The predicted octanol–water partition coefficient (Wildman–Crippen LogP) is 4.48. The average molecular weight is 570 g/mol. The van der Waals surface area contributed by atoms with E-state index in [4.69, 9.17) is 14.2 Å². The molecule has 32 heavy (non-hydrogen) atoms. The Hall–Kier alpha value is -1.65. The van der Waals surface area contributed by atoms with Gasteiger partial charge in [-0.25, -0.2) is 0 Å². The summed E-state index contributed by atoms with van der Waals surface area (Å²) in [4.78, 5) is 5.75. The number of halogens is 1. The number of aliphatic imine (C=N–C) groups is 1. The molecule has 2 aromatic carbocycles. The molecule has 174 valence electrons. The van der Waals surface area contributed by atoms with Gasteiger partial charge < -0.3 is 24.8 Å². The van der Waals surface area contributed by atoms with Gasteiger partial charge in [0.05, 0.1) is 0 Å². The fourth-order valence-corrected chi connectivity index (χ4v) is 4.91. The Morgan fingerprint density at radius 1 is 1.06 bits per heavy atom. The molecular weight excluding hydrogens is 537 g/mol. The number of rotatable bonds is 6. The van der Waals surface area contributed by atoms with Crippen LogP contribution in [0.5, 0.6) is 11.5 Å². The zero-order chi connectivity index (χ0) is 21.7. The van der Waals surface area contributed by atoms with Crippen LogP contribution in [0.2, 0.25) is 0 Å². The summed E-state index contributed by atoms with van der Waals surface area (Å²) >= 11 is 1.78. The van der Waals surface area contributed by atoms with Crippen LogP contribution in [0.3, 0.4) is 0 Å². The molecule has 0 saturated carbocycles. The van der Waals surface area contributed by atoms with Crippen LogP contribution in [-0.4, -0.2) is 45.8 Å². The van der Waals surface area contributed by atoms with Gasteiger partial charge in [-0.15, -0.1) is 35.7 Å². The lowest BCUT2D eigenvalue weighted by molar-refractivity contribution is 0.0513. The summed E-state index contributed by atoms with van der Waals surface area (Å²) < 4.78 is 16.8. The maximum absolute atomic E-state index is 5.68. The molecule has 0 bridgehead atoms. The van der Waals surface area contributed by atoms with Crippen molar-refractivity contribution in [1.29, 1.82) is 0 Å². The van der Waals surface area contributed by atoms with Gasteiger partial charge in [0, 0.05) is 43.7 Å². The van der Waals surface area contributed by atoms with Crippen molar-refractivity contribution >= 4 is 41.7 Å². The number of fused-ring (bicyclic) bond motifs is 1. The van der Waals surface area contributed by atoms with E-state index in [1.807, 2.05) is 13.1 Å². The summed E-state index contributed by atoms with van der Waals surface area (Å²) in [7, 11) is 1.82. The summed E-state index contributed by atoms with van der Waals surface area (Å²) in [6, 6.07) is 12.9. The molecule has 2 aromatic rings. The first kappa shape index (κ1) is 25.0. The molecule has 2 N–H and O–H groups in total. The minimum Gasteiger partial charge on any atom is -0.454 e. The Labute approximate surface area is 211 Å². The van der Waals surface area contributed by atoms with Crippen LogP contribution < -0.4 is 20.1 Å². The molecule has 0 aromatic heterocycles. The Kier molecular flexibility index (Phi) is 8.95. The third kappa shape index (κ3) is 5.63. The van der Waals surface area contributed by atoms with E-state index in [1.165, 1.54) is 21.6 Å². The zero-order valence-electron chi connectivity index (χ0n) is 18.9. The van der Waals surface area contributed by atoms with Crippen LogP contribution in [0.1, 0.15) is 29.5 Å². The molecule has 2 aliphatic rings. The molecule has 6 nitrogen and oxygen atoms in total. The molecule has 0 unspecified atom stereocenters. The molecule has 8 heteroatoms. The highest BCUT2D eigenvalue weighted by Crippen LogP contribution is 2.40. The molecule has 0 atom stereocenters. The van der Waals surface area contributed by atoms with E-state index >= 15 is 0 Å². The molecule has 0 radical (unpaired) electrons. The van der Waals surface area contributed by atoms with Crippen molar-refractivity contribution in [3.05, 3.63) is 53.1 Å². The predicted molar refractivity (Wildman–Crippen MR) is 141 cm³/mol. The standard InChI is InChI=1S/C24H31N3O3S.HI/c1-17-4-5-18(22(12-17)31-3)14-26-23(25-2)27-15-24(8-10-28-11-9-24)19-6-7-20-21(13-19)30-16-29-20;/h4-7,12-13H,8-11,14-16H2,1-3H3,(H2,25,26,27);1H. The normalized spacial score (nSPS) is 16.9. The minimum atomic E-state index is -0.0366. The lowest BCUT2D eigenvalue weighted by Gasteiger charge is -2.38. The molecule has 0 amide bonds. The fourth-order valence-electron chi connectivity index (χ4n) is 4.21. The van der Waals surface area contributed by atoms with E-state index in [9.17, 15) is 0 Å².